The SMILES string of the molecule is Oc1ccc(C=Cc2nc(C=Cc3ccc(O)nc3)c(C=Cc3ccc(O)nc3)nc2C=Cc2ccc(O)nc2)cn1. The molecule has 0 amide bonds. The molecule has 0 spiro atoms. The van der Waals surface area contributed by atoms with Crippen molar-refractivity contribution in [1.82, 2.24) is 29.9 Å². The first-order valence-corrected chi connectivity index (χ1v) is 12.7. The van der Waals surface area contributed by atoms with Crippen LogP contribution in [0.25, 0.3) is 48.6 Å². The molecule has 0 bridgehead atoms. The first kappa shape index (κ1) is 27.4. The van der Waals surface area contributed by atoms with Gasteiger partial charge in [-0.25, -0.2) is 29.9 Å². The summed E-state index contributed by atoms with van der Waals surface area (Å²) in [5, 5.41) is 38.1. The molecule has 0 unspecified atom stereocenters. The lowest BCUT2D eigenvalue weighted by molar-refractivity contribution is 0.453. The first-order valence-electron chi connectivity index (χ1n) is 12.7. The van der Waals surface area contributed by atoms with Gasteiger partial charge < -0.3 is 20.4 Å². The Balaban J connectivity index is 1.60. The highest BCUT2D eigenvalue weighted by atomic mass is 16.3. The molecule has 10 heteroatoms. The molecule has 0 saturated carbocycles. The van der Waals surface area contributed by atoms with E-state index in [0.29, 0.717) is 22.8 Å². The average molecular weight is 557 g/mol. The summed E-state index contributed by atoms with van der Waals surface area (Å²) in [6.07, 6.45) is 20.6. The standard InChI is InChI=1S/C32H24N6O4/c39-29-13-5-21(17-33-29)1-9-25-26(10-2-22-6-14-30(40)34-18-22)38-28(12-4-24-8-16-32(42)36-20-24)27(37-25)11-3-23-7-15-31(41)35-19-23/h1-20H,(H,33,39)(H,34,40)(H,35,41)(H,36,42). The fourth-order valence-corrected chi connectivity index (χ4v) is 3.66. The van der Waals surface area contributed by atoms with E-state index in [1.807, 2.05) is 24.3 Å². The van der Waals surface area contributed by atoms with E-state index in [-0.39, 0.29) is 23.5 Å². The molecule has 4 N–H and O–H groups in total. The lowest BCUT2D eigenvalue weighted by Gasteiger charge is -2.07. The second kappa shape index (κ2) is 12.8. The van der Waals surface area contributed by atoms with E-state index >= 15 is 0 Å². The highest BCUT2D eigenvalue weighted by Gasteiger charge is 2.09. The van der Waals surface area contributed by atoms with Crippen LogP contribution in [0, 0.1) is 0 Å². The molecule has 10 nitrogen and oxygen atoms in total. The van der Waals surface area contributed by atoms with Crippen LogP contribution in [0.2, 0.25) is 0 Å². The normalized spacial score (nSPS) is 11.8. The van der Waals surface area contributed by atoms with Gasteiger partial charge >= 0.3 is 0 Å². The van der Waals surface area contributed by atoms with Crippen LogP contribution in [-0.2, 0) is 0 Å². The van der Waals surface area contributed by atoms with Gasteiger partial charge in [0.1, 0.15) is 0 Å². The third-order valence-corrected chi connectivity index (χ3v) is 5.82. The second-order valence-corrected chi connectivity index (χ2v) is 8.90. The first-order chi connectivity index (χ1) is 20.4. The fraction of sp³-hybridized carbons (Fsp3) is 0. The van der Waals surface area contributed by atoms with Crippen molar-refractivity contribution in [3.63, 3.8) is 0 Å². The summed E-state index contributed by atoms with van der Waals surface area (Å²) in [6, 6.07) is 12.9. The number of aromatic hydroxyl groups is 4. The summed E-state index contributed by atoms with van der Waals surface area (Å²) >= 11 is 0. The molecular formula is C32H24N6O4. The zero-order chi connectivity index (χ0) is 29.3. The summed E-state index contributed by atoms with van der Waals surface area (Å²) in [5.41, 5.74) is 5.23. The van der Waals surface area contributed by atoms with Gasteiger partial charge in [0.15, 0.2) is 0 Å². The Kier molecular flexibility index (Phi) is 8.35. The molecule has 42 heavy (non-hydrogen) atoms. The molecule has 0 radical (unpaired) electrons. The van der Waals surface area contributed by atoms with Crippen molar-refractivity contribution in [1.29, 1.82) is 0 Å². The van der Waals surface area contributed by atoms with Crippen LogP contribution < -0.4 is 0 Å². The number of pyridine rings is 4. The number of aromatic nitrogens is 6. The van der Waals surface area contributed by atoms with E-state index in [4.69, 9.17) is 9.97 Å². The monoisotopic (exact) mass is 556 g/mol. The van der Waals surface area contributed by atoms with Gasteiger partial charge in [0.05, 0.1) is 22.8 Å². The quantitative estimate of drug-likeness (QED) is 0.191. The maximum atomic E-state index is 9.53. The number of rotatable bonds is 8. The molecule has 0 aliphatic heterocycles. The highest BCUT2D eigenvalue weighted by Crippen LogP contribution is 2.21. The van der Waals surface area contributed by atoms with Gasteiger partial charge in [0, 0.05) is 49.1 Å². The lowest BCUT2D eigenvalue weighted by Crippen LogP contribution is -2.00. The minimum atomic E-state index is -0.0748. The number of hydrogen-bond donors (Lipinski definition) is 4. The van der Waals surface area contributed by atoms with E-state index < -0.39 is 0 Å². The average Bonchev–Trinajstić information content (AvgIpc) is 3.00. The maximum Gasteiger partial charge on any atom is 0.210 e. The Morgan fingerprint density at radius 2 is 0.571 bits per heavy atom. The summed E-state index contributed by atoms with van der Waals surface area (Å²) in [6.45, 7) is 0. The Hall–Kier alpha value is -6.16. The molecular weight excluding hydrogens is 532 g/mol. The van der Waals surface area contributed by atoms with Crippen LogP contribution >= 0.6 is 0 Å². The van der Waals surface area contributed by atoms with Crippen molar-refractivity contribution in [3.05, 3.63) is 118 Å². The Bertz CT molecular complexity index is 1520. The molecule has 0 aromatic carbocycles. The van der Waals surface area contributed by atoms with Crippen LogP contribution in [0.3, 0.4) is 0 Å². The van der Waals surface area contributed by atoms with E-state index in [9.17, 15) is 20.4 Å². The smallest absolute Gasteiger partial charge is 0.210 e. The molecule has 0 aliphatic carbocycles. The summed E-state index contributed by atoms with van der Waals surface area (Å²) in [7, 11) is 0. The minimum Gasteiger partial charge on any atom is -0.493 e. The van der Waals surface area contributed by atoms with E-state index in [0.717, 1.165) is 22.3 Å². The molecule has 5 aromatic heterocycles. The Morgan fingerprint density at radius 1 is 0.333 bits per heavy atom. The lowest BCUT2D eigenvalue weighted by atomic mass is 10.1. The second-order valence-electron chi connectivity index (χ2n) is 8.90. The van der Waals surface area contributed by atoms with E-state index in [1.165, 1.54) is 49.1 Å². The van der Waals surface area contributed by atoms with Crippen LogP contribution in [0.1, 0.15) is 45.0 Å². The molecule has 5 aromatic rings. The predicted molar refractivity (Wildman–Crippen MR) is 161 cm³/mol. The zero-order valence-electron chi connectivity index (χ0n) is 22.0. The zero-order valence-corrected chi connectivity index (χ0v) is 22.0. The number of hydrogen-bond acceptors (Lipinski definition) is 10. The third-order valence-electron chi connectivity index (χ3n) is 5.82. The van der Waals surface area contributed by atoms with Crippen LogP contribution in [0.5, 0.6) is 23.5 Å². The number of nitrogens with zero attached hydrogens (tertiary/aromatic N) is 6. The minimum absolute atomic E-state index is 0.0748. The largest absolute Gasteiger partial charge is 0.493 e. The van der Waals surface area contributed by atoms with Crippen molar-refractivity contribution < 1.29 is 20.4 Å². The van der Waals surface area contributed by atoms with Crippen molar-refractivity contribution in [2.24, 2.45) is 0 Å². The van der Waals surface area contributed by atoms with Gasteiger partial charge in [-0.2, -0.15) is 0 Å². The topological polar surface area (TPSA) is 158 Å². The summed E-state index contributed by atoms with van der Waals surface area (Å²) in [4.78, 5) is 25.5. The molecule has 5 rings (SSSR count). The van der Waals surface area contributed by atoms with Gasteiger partial charge in [0.25, 0.3) is 0 Å². The van der Waals surface area contributed by atoms with Crippen LogP contribution in [0.4, 0.5) is 0 Å². The van der Waals surface area contributed by atoms with Crippen molar-refractivity contribution >= 4 is 48.6 Å². The molecule has 0 fully saturated rings. The van der Waals surface area contributed by atoms with Crippen molar-refractivity contribution in [2.75, 3.05) is 0 Å². The molecule has 0 saturated heterocycles. The predicted octanol–water partition coefficient (Wildman–Crippen LogP) is 5.56. The van der Waals surface area contributed by atoms with E-state index in [1.54, 1.807) is 48.6 Å². The maximum absolute atomic E-state index is 9.53. The fourth-order valence-electron chi connectivity index (χ4n) is 3.66. The molecule has 0 atom stereocenters. The third kappa shape index (κ3) is 7.48. The van der Waals surface area contributed by atoms with E-state index in [2.05, 4.69) is 19.9 Å². The molecule has 206 valence electrons. The van der Waals surface area contributed by atoms with Crippen molar-refractivity contribution in [2.45, 2.75) is 0 Å². The Morgan fingerprint density at radius 3 is 0.762 bits per heavy atom. The van der Waals surface area contributed by atoms with Gasteiger partial charge in [0.2, 0.25) is 23.5 Å². The Labute approximate surface area is 240 Å². The van der Waals surface area contributed by atoms with Gasteiger partial charge in [-0.05, 0) is 70.8 Å². The van der Waals surface area contributed by atoms with Crippen LogP contribution in [0.15, 0.2) is 73.3 Å². The molecule has 5 heterocycles. The van der Waals surface area contributed by atoms with Gasteiger partial charge in [-0.3, -0.25) is 0 Å². The van der Waals surface area contributed by atoms with Crippen molar-refractivity contribution in [3.8, 4) is 23.5 Å². The summed E-state index contributed by atoms with van der Waals surface area (Å²) in [5.74, 6) is -0.299. The summed E-state index contributed by atoms with van der Waals surface area (Å²) < 4.78 is 0. The van der Waals surface area contributed by atoms with Gasteiger partial charge in [-0.15, -0.1) is 0 Å². The van der Waals surface area contributed by atoms with Crippen LogP contribution in [-0.4, -0.2) is 50.3 Å². The highest BCUT2D eigenvalue weighted by molar-refractivity contribution is 5.81. The molecule has 0 aliphatic rings. The van der Waals surface area contributed by atoms with Gasteiger partial charge in [-0.1, -0.05) is 24.3 Å².